The molecule has 0 bridgehead atoms. The number of amides is 2. The van der Waals surface area contributed by atoms with E-state index in [1.54, 1.807) is 11.8 Å². The number of pyridine rings is 2. The van der Waals surface area contributed by atoms with E-state index in [-0.39, 0.29) is 24.7 Å². The van der Waals surface area contributed by atoms with Crippen LogP contribution in [-0.2, 0) is 15.7 Å². The minimum atomic E-state index is -4.50. The Balaban J connectivity index is 1.45. The van der Waals surface area contributed by atoms with Crippen LogP contribution in [0, 0.1) is 0 Å². The van der Waals surface area contributed by atoms with Crippen molar-refractivity contribution in [2.45, 2.75) is 13.1 Å². The molecule has 2 N–H and O–H groups in total. The zero-order valence-electron chi connectivity index (χ0n) is 17.6. The van der Waals surface area contributed by atoms with Crippen molar-refractivity contribution in [2.24, 2.45) is 0 Å². The second-order valence-corrected chi connectivity index (χ2v) is 7.14. The van der Waals surface area contributed by atoms with Gasteiger partial charge in [-0.2, -0.15) is 13.2 Å². The highest BCUT2D eigenvalue weighted by atomic mass is 19.4. The Hall–Kier alpha value is -3.15. The number of piperazine rings is 1. The molecule has 0 aromatic carbocycles. The molecule has 1 aliphatic heterocycles. The lowest BCUT2D eigenvalue weighted by Crippen LogP contribution is -2.53. The van der Waals surface area contributed by atoms with Crippen molar-refractivity contribution >= 4 is 28.7 Å². The van der Waals surface area contributed by atoms with E-state index in [0.717, 1.165) is 6.07 Å². The topological polar surface area (TPSA) is 99.7 Å². The average Bonchev–Trinajstić information content (AvgIpc) is 2.77. The summed E-state index contributed by atoms with van der Waals surface area (Å²) in [7, 11) is 0. The molecule has 0 saturated carbocycles. The number of urea groups is 1. The fraction of sp³-hybridized carbons (Fsp3) is 0.500. The number of hydrogen-bond donors (Lipinski definition) is 2. The molecule has 0 radical (unpaired) electrons. The molecule has 1 saturated heterocycles. The number of nitrogens with zero attached hydrogens (tertiary/aromatic N) is 4. The Morgan fingerprint density at radius 3 is 2.59 bits per heavy atom. The van der Waals surface area contributed by atoms with E-state index in [1.165, 1.54) is 18.3 Å². The molecular formula is C20H25F3N6O3. The lowest BCUT2D eigenvalue weighted by atomic mass is 10.2. The second kappa shape index (κ2) is 10.4. The van der Waals surface area contributed by atoms with Crippen LogP contribution in [0.15, 0.2) is 24.4 Å². The highest BCUT2D eigenvalue weighted by molar-refractivity contribution is 5.89. The molecule has 1 aliphatic rings. The predicted molar refractivity (Wildman–Crippen MR) is 111 cm³/mol. The monoisotopic (exact) mass is 454 g/mol. The van der Waals surface area contributed by atoms with E-state index in [9.17, 15) is 22.8 Å². The third-order valence-corrected chi connectivity index (χ3v) is 4.98. The maximum absolute atomic E-state index is 12.9. The molecule has 1 fully saturated rings. The molecule has 0 atom stereocenters. The van der Waals surface area contributed by atoms with Crippen LogP contribution < -0.4 is 10.6 Å². The minimum Gasteiger partial charge on any atom is -0.465 e. The first-order valence-electron chi connectivity index (χ1n) is 10.3. The fourth-order valence-corrected chi connectivity index (χ4v) is 3.33. The van der Waals surface area contributed by atoms with Crippen molar-refractivity contribution in [3.63, 3.8) is 0 Å². The van der Waals surface area contributed by atoms with Crippen molar-refractivity contribution in [1.82, 2.24) is 25.1 Å². The number of fused-ring (bicyclic) bond motifs is 1. The van der Waals surface area contributed by atoms with Crippen molar-refractivity contribution in [1.29, 1.82) is 0 Å². The Bertz CT molecular complexity index is 948. The Morgan fingerprint density at radius 1 is 1.16 bits per heavy atom. The van der Waals surface area contributed by atoms with Crippen LogP contribution in [0.2, 0.25) is 0 Å². The molecule has 9 nitrogen and oxygen atoms in total. The zero-order valence-corrected chi connectivity index (χ0v) is 17.6. The number of carbonyl (C=O) groups is 2. The number of esters is 1. The van der Waals surface area contributed by atoms with E-state index in [1.807, 2.05) is 0 Å². The van der Waals surface area contributed by atoms with Gasteiger partial charge in [-0.1, -0.05) is 0 Å². The third-order valence-electron chi connectivity index (χ3n) is 4.98. The first kappa shape index (κ1) is 23.5. The Kier molecular flexibility index (Phi) is 7.67. The van der Waals surface area contributed by atoms with E-state index < -0.39 is 17.8 Å². The van der Waals surface area contributed by atoms with Crippen LogP contribution in [0.25, 0.3) is 10.9 Å². The molecule has 3 heterocycles. The van der Waals surface area contributed by atoms with Crippen LogP contribution in [-0.4, -0.2) is 84.2 Å². The molecular weight excluding hydrogens is 429 g/mol. The van der Waals surface area contributed by atoms with Gasteiger partial charge >= 0.3 is 18.2 Å². The smallest absolute Gasteiger partial charge is 0.433 e. The van der Waals surface area contributed by atoms with Crippen LogP contribution in [0.4, 0.5) is 23.8 Å². The van der Waals surface area contributed by atoms with Gasteiger partial charge in [-0.15, -0.1) is 0 Å². The maximum atomic E-state index is 12.9. The number of carbonyl (C=O) groups excluding carboxylic acids is 2. The predicted octanol–water partition coefficient (Wildman–Crippen LogP) is 1.95. The van der Waals surface area contributed by atoms with Crippen molar-refractivity contribution in [2.75, 3.05) is 57.7 Å². The van der Waals surface area contributed by atoms with E-state index in [0.29, 0.717) is 50.5 Å². The highest BCUT2D eigenvalue weighted by Crippen LogP contribution is 2.30. The number of anilines is 1. The summed E-state index contributed by atoms with van der Waals surface area (Å²) in [4.78, 5) is 35.1. The summed E-state index contributed by atoms with van der Waals surface area (Å²) >= 11 is 0. The van der Waals surface area contributed by atoms with Gasteiger partial charge in [0.2, 0.25) is 0 Å². The molecule has 32 heavy (non-hydrogen) atoms. The van der Waals surface area contributed by atoms with Gasteiger partial charge in [0.05, 0.1) is 12.1 Å². The summed E-state index contributed by atoms with van der Waals surface area (Å²) in [5.74, 6) is -0.00172. The molecule has 12 heteroatoms. The first-order chi connectivity index (χ1) is 15.3. The normalized spacial score (nSPS) is 14.9. The van der Waals surface area contributed by atoms with Crippen LogP contribution >= 0.6 is 0 Å². The van der Waals surface area contributed by atoms with Crippen molar-refractivity contribution < 1.29 is 27.5 Å². The summed E-state index contributed by atoms with van der Waals surface area (Å²) in [6.45, 7) is 5.37. The lowest BCUT2D eigenvalue weighted by molar-refractivity contribution is -0.142. The van der Waals surface area contributed by atoms with Gasteiger partial charge in [-0.25, -0.2) is 14.8 Å². The van der Waals surface area contributed by atoms with Crippen LogP contribution in [0.1, 0.15) is 12.6 Å². The van der Waals surface area contributed by atoms with Gasteiger partial charge in [-0.05, 0) is 25.1 Å². The lowest BCUT2D eigenvalue weighted by Gasteiger charge is -2.34. The fourth-order valence-electron chi connectivity index (χ4n) is 3.33. The number of alkyl halides is 3. The number of halogens is 3. The van der Waals surface area contributed by atoms with Gasteiger partial charge in [0.1, 0.15) is 18.1 Å². The molecule has 2 aromatic heterocycles. The summed E-state index contributed by atoms with van der Waals surface area (Å²) in [6.07, 6.45) is -3.07. The van der Waals surface area contributed by atoms with Gasteiger partial charge in [0, 0.05) is 50.9 Å². The summed E-state index contributed by atoms with van der Waals surface area (Å²) in [6, 6.07) is 3.46. The van der Waals surface area contributed by atoms with Gasteiger partial charge < -0.3 is 20.3 Å². The summed E-state index contributed by atoms with van der Waals surface area (Å²) < 4.78 is 43.4. The largest absolute Gasteiger partial charge is 0.465 e. The minimum absolute atomic E-state index is 0.159. The Labute approximate surface area is 182 Å². The quantitative estimate of drug-likeness (QED) is 0.617. The number of nitrogens with one attached hydrogen (secondary N) is 2. The van der Waals surface area contributed by atoms with Crippen LogP contribution in [0.3, 0.4) is 0 Å². The van der Waals surface area contributed by atoms with Gasteiger partial charge in [-0.3, -0.25) is 9.69 Å². The highest BCUT2D eigenvalue weighted by Gasteiger charge is 2.32. The van der Waals surface area contributed by atoms with Crippen molar-refractivity contribution in [3.8, 4) is 0 Å². The second-order valence-electron chi connectivity index (χ2n) is 7.14. The van der Waals surface area contributed by atoms with E-state index >= 15 is 0 Å². The number of ether oxygens (including phenoxy) is 1. The summed E-state index contributed by atoms with van der Waals surface area (Å²) in [5.41, 5.74) is -0.717. The molecule has 0 unspecified atom stereocenters. The van der Waals surface area contributed by atoms with Gasteiger partial charge in [0.25, 0.3) is 0 Å². The van der Waals surface area contributed by atoms with Crippen LogP contribution in [0.5, 0.6) is 0 Å². The summed E-state index contributed by atoms with van der Waals surface area (Å²) in [5, 5.41) is 6.21. The number of hydrogen-bond acceptors (Lipinski definition) is 7. The standard InChI is InChI=1S/C20H25F3N6O3/c1-2-32-17(30)13-26-19(31)29-11-9-28(10-12-29)8-7-25-18-14-3-4-16(20(21,22)23)27-15(14)5-6-24-18/h3-6H,2,7-13H2,1H3,(H,24,25)(H,26,31). The number of rotatable bonds is 7. The Morgan fingerprint density at radius 2 is 1.91 bits per heavy atom. The maximum Gasteiger partial charge on any atom is 0.433 e. The first-order valence-corrected chi connectivity index (χ1v) is 10.3. The molecule has 174 valence electrons. The molecule has 3 rings (SSSR count). The van der Waals surface area contributed by atoms with E-state index in [2.05, 4.69) is 25.5 Å². The van der Waals surface area contributed by atoms with E-state index in [4.69, 9.17) is 4.74 Å². The third kappa shape index (κ3) is 6.19. The molecule has 0 spiro atoms. The SMILES string of the molecule is CCOC(=O)CNC(=O)N1CCN(CCNc2nccc3nc(C(F)(F)F)ccc23)CC1. The zero-order chi connectivity index (χ0) is 23.1. The van der Waals surface area contributed by atoms with Crippen molar-refractivity contribution in [3.05, 3.63) is 30.1 Å². The molecule has 0 aliphatic carbocycles. The van der Waals surface area contributed by atoms with Gasteiger partial charge in [0.15, 0.2) is 0 Å². The number of aromatic nitrogens is 2. The molecule has 2 amide bonds. The molecule has 2 aromatic rings. The average molecular weight is 454 g/mol.